The van der Waals surface area contributed by atoms with Gasteiger partial charge in [-0.1, -0.05) is 23.2 Å². The molecule has 0 atom stereocenters. The van der Waals surface area contributed by atoms with Crippen LogP contribution in [0.2, 0.25) is 10.0 Å². The number of likely N-dealkylation sites (tertiary alicyclic amines) is 1. The number of amides is 2. The van der Waals surface area contributed by atoms with Gasteiger partial charge in [0, 0.05) is 35.8 Å². The average molecular weight is 408 g/mol. The number of rotatable bonds is 5. The van der Waals surface area contributed by atoms with E-state index in [9.17, 15) is 19.7 Å². The van der Waals surface area contributed by atoms with Crippen LogP contribution in [0.3, 0.4) is 0 Å². The molecule has 0 N–H and O–H groups in total. The molecule has 1 aliphatic rings. The summed E-state index contributed by atoms with van der Waals surface area (Å²) in [6.07, 6.45) is 1.15. The quantitative estimate of drug-likeness (QED) is 0.550. The molecule has 1 saturated heterocycles. The number of carbonyl (C=O) groups excluding carboxylic acids is 2. The smallest absolute Gasteiger partial charge is 0.269 e. The second kappa shape index (κ2) is 7.94. The van der Waals surface area contributed by atoms with Crippen molar-refractivity contribution in [3.8, 4) is 0 Å². The molecule has 1 aliphatic heterocycles. The number of anilines is 1. The highest BCUT2D eigenvalue weighted by Crippen LogP contribution is 2.27. The molecule has 2 amide bonds. The Morgan fingerprint density at radius 2 is 1.89 bits per heavy atom. The molecule has 0 aliphatic carbocycles. The molecule has 9 heteroatoms. The van der Waals surface area contributed by atoms with Crippen molar-refractivity contribution in [2.45, 2.75) is 12.8 Å². The van der Waals surface area contributed by atoms with Gasteiger partial charge in [-0.3, -0.25) is 24.6 Å². The molecular formula is C18H15Cl2N3O4. The van der Waals surface area contributed by atoms with E-state index in [0.29, 0.717) is 23.7 Å². The normalized spacial score (nSPS) is 13.7. The number of nitro groups is 1. The molecule has 0 bridgehead atoms. The number of benzene rings is 2. The van der Waals surface area contributed by atoms with Crippen LogP contribution in [0.25, 0.3) is 0 Å². The van der Waals surface area contributed by atoms with Gasteiger partial charge in [-0.15, -0.1) is 0 Å². The molecule has 0 saturated carbocycles. The van der Waals surface area contributed by atoms with Crippen molar-refractivity contribution < 1.29 is 14.5 Å². The standard InChI is InChI=1S/C18H15Cl2N3O4/c19-12-3-8-16(20)15(10-12)18(25)22(11-21-9-1-2-17(21)24)13-4-6-14(7-5-13)23(26)27/h3-8,10H,1-2,9,11H2. The molecule has 2 aromatic rings. The van der Waals surface area contributed by atoms with Gasteiger partial charge in [-0.2, -0.15) is 0 Å². The van der Waals surface area contributed by atoms with Gasteiger partial charge < -0.3 is 4.90 Å². The number of halogens is 2. The lowest BCUT2D eigenvalue weighted by molar-refractivity contribution is -0.384. The summed E-state index contributed by atoms with van der Waals surface area (Å²) in [7, 11) is 0. The summed E-state index contributed by atoms with van der Waals surface area (Å²) in [4.78, 5) is 38.5. The molecule has 140 valence electrons. The maximum Gasteiger partial charge on any atom is 0.269 e. The fraction of sp³-hybridized carbons (Fsp3) is 0.222. The Morgan fingerprint density at radius 3 is 2.48 bits per heavy atom. The molecule has 0 unspecified atom stereocenters. The Labute approximate surface area is 165 Å². The van der Waals surface area contributed by atoms with Gasteiger partial charge >= 0.3 is 0 Å². The minimum Gasteiger partial charge on any atom is -0.324 e. The van der Waals surface area contributed by atoms with Crippen molar-refractivity contribution in [3.63, 3.8) is 0 Å². The number of hydrogen-bond donors (Lipinski definition) is 0. The minimum atomic E-state index is -0.520. The summed E-state index contributed by atoms with van der Waals surface area (Å²) in [5.41, 5.74) is 0.514. The van der Waals surface area contributed by atoms with Gasteiger partial charge in [0.1, 0.15) is 6.67 Å². The van der Waals surface area contributed by atoms with Gasteiger partial charge in [-0.05, 0) is 36.8 Å². The van der Waals surface area contributed by atoms with Crippen LogP contribution in [0.1, 0.15) is 23.2 Å². The van der Waals surface area contributed by atoms with E-state index in [0.717, 1.165) is 6.42 Å². The van der Waals surface area contributed by atoms with Gasteiger partial charge in [0.2, 0.25) is 5.91 Å². The Hall–Kier alpha value is -2.64. The monoisotopic (exact) mass is 407 g/mol. The van der Waals surface area contributed by atoms with Crippen LogP contribution < -0.4 is 4.90 Å². The minimum absolute atomic E-state index is 0.0261. The van der Waals surface area contributed by atoms with Gasteiger partial charge in [0.15, 0.2) is 0 Å². The van der Waals surface area contributed by atoms with E-state index in [4.69, 9.17) is 23.2 Å². The third-order valence-corrected chi connectivity index (χ3v) is 4.82. The molecule has 1 heterocycles. The van der Waals surface area contributed by atoms with Crippen molar-refractivity contribution in [1.82, 2.24) is 4.90 Å². The fourth-order valence-electron chi connectivity index (χ4n) is 2.85. The molecule has 0 radical (unpaired) electrons. The molecule has 0 aromatic heterocycles. The topological polar surface area (TPSA) is 83.8 Å². The maximum absolute atomic E-state index is 13.1. The van der Waals surface area contributed by atoms with Crippen LogP contribution in [0.4, 0.5) is 11.4 Å². The number of non-ortho nitro benzene ring substituents is 1. The molecule has 7 nitrogen and oxygen atoms in total. The van der Waals surface area contributed by atoms with E-state index in [1.54, 1.807) is 11.0 Å². The third kappa shape index (κ3) is 4.20. The van der Waals surface area contributed by atoms with Crippen molar-refractivity contribution in [1.29, 1.82) is 0 Å². The highest BCUT2D eigenvalue weighted by molar-refractivity contribution is 6.36. The van der Waals surface area contributed by atoms with Crippen LogP contribution >= 0.6 is 23.2 Å². The van der Waals surface area contributed by atoms with Gasteiger partial charge in [-0.25, -0.2) is 0 Å². The molecule has 0 spiro atoms. The first kappa shape index (κ1) is 19.1. The Bertz CT molecular complexity index is 902. The van der Waals surface area contributed by atoms with Crippen LogP contribution in [-0.4, -0.2) is 34.9 Å². The number of hydrogen-bond acceptors (Lipinski definition) is 4. The van der Waals surface area contributed by atoms with E-state index in [-0.39, 0.29) is 28.8 Å². The zero-order chi connectivity index (χ0) is 19.6. The largest absolute Gasteiger partial charge is 0.324 e. The first-order chi connectivity index (χ1) is 12.9. The van der Waals surface area contributed by atoms with Crippen LogP contribution in [0.15, 0.2) is 42.5 Å². The molecule has 2 aromatic carbocycles. The van der Waals surface area contributed by atoms with Crippen molar-refractivity contribution >= 4 is 46.4 Å². The number of carbonyl (C=O) groups is 2. The van der Waals surface area contributed by atoms with E-state index in [1.807, 2.05) is 0 Å². The lowest BCUT2D eigenvalue weighted by atomic mass is 10.1. The molecular weight excluding hydrogens is 393 g/mol. The lowest BCUT2D eigenvalue weighted by Crippen LogP contribution is -2.42. The highest BCUT2D eigenvalue weighted by Gasteiger charge is 2.27. The summed E-state index contributed by atoms with van der Waals surface area (Å²) < 4.78 is 0. The summed E-state index contributed by atoms with van der Waals surface area (Å²) >= 11 is 12.2. The second-order valence-electron chi connectivity index (χ2n) is 6.03. The number of nitrogens with zero attached hydrogens (tertiary/aromatic N) is 3. The van der Waals surface area contributed by atoms with E-state index in [1.165, 1.54) is 41.3 Å². The zero-order valence-corrected chi connectivity index (χ0v) is 15.6. The van der Waals surface area contributed by atoms with Crippen molar-refractivity contribution in [3.05, 3.63) is 68.2 Å². The molecule has 3 rings (SSSR count). The average Bonchev–Trinajstić information content (AvgIpc) is 3.06. The number of nitro benzene ring substituents is 1. The van der Waals surface area contributed by atoms with Crippen molar-refractivity contribution in [2.24, 2.45) is 0 Å². The SMILES string of the molecule is O=C1CCCN1CN(C(=O)c1cc(Cl)ccc1Cl)c1ccc([N+](=O)[O-])cc1. The van der Waals surface area contributed by atoms with Crippen LogP contribution in [0, 0.1) is 10.1 Å². The van der Waals surface area contributed by atoms with Gasteiger partial charge in [0.25, 0.3) is 11.6 Å². The predicted octanol–water partition coefficient (Wildman–Crippen LogP) is 4.13. The summed E-state index contributed by atoms with van der Waals surface area (Å²) in [5, 5.41) is 11.5. The summed E-state index contributed by atoms with van der Waals surface area (Å²) in [6, 6.07) is 10.1. The highest BCUT2D eigenvalue weighted by atomic mass is 35.5. The first-order valence-corrected chi connectivity index (χ1v) is 8.91. The van der Waals surface area contributed by atoms with Gasteiger partial charge in [0.05, 0.1) is 15.5 Å². The van der Waals surface area contributed by atoms with Crippen LogP contribution in [0.5, 0.6) is 0 Å². The Kier molecular flexibility index (Phi) is 5.62. The van der Waals surface area contributed by atoms with E-state index in [2.05, 4.69) is 0 Å². The Morgan fingerprint density at radius 1 is 1.19 bits per heavy atom. The third-order valence-electron chi connectivity index (χ3n) is 4.26. The molecule has 1 fully saturated rings. The second-order valence-corrected chi connectivity index (χ2v) is 6.88. The van der Waals surface area contributed by atoms with E-state index < -0.39 is 10.8 Å². The van der Waals surface area contributed by atoms with Crippen molar-refractivity contribution in [2.75, 3.05) is 18.1 Å². The van der Waals surface area contributed by atoms with Crippen LogP contribution in [-0.2, 0) is 4.79 Å². The first-order valence-electron chi connectivity index (χ1n) is 8.16. The summed E-state index contributed by atoms with van der Waals surface area (Å²) in [6.45, 7) is 0.567. The Balaban J connectivity index is 1.98. The summed E-state index contributed by atoms with van der Waals surface area (Å²) in [5.74, 6) is -0.497. The molecule has 27 heavy (non-hydrogen) atoms. The predicted molar refractivity (Wildman–Crippen MR) is 102 cm³/mol. The maximum atomic E-state index is 13.1. The zero-order valence-electron chi connectivity index (χ0n) is 14.1. The lowest BCUT2D eigenvalue weighted by Gasteiger charge is -2.28. The fourth-order valence-corrected chi connectivity index (χ4v) is 3.22. The van der Waals surface area contributed by atoms with E-state index >= 15 is 0 Å².